The van der Waals surface area contributed by atoms with E-state index in [0.29, 0.717) is 29.4 Å². The number of anilines is 1. The second kappa shape index (κ2) is 7.39. The summed E-state index contributed by atoms with van der Waals surface area (Å²) in [5.41, 5.74) is 1.27. The van der Waals surface area contributed by atoms with Crippen molar-refractivity contribution < 1.29 is 9.32 Å². The molecule has 0 fully saturated rings. The van der Waals surface area contributed by atoms with E-state index in [1.54, 1.807) is 6.07 Å². The van der Waals surface area contributed by atoms with E-state index in [4.69, 9.17) is 4.52 Å². The molecule has 2 N–H and O–H groups in total. The van der Waals surface area contributed by atoms with Gasteiger partial charge in [-0.2, -0.15) is 4.98 Å². The quantitative estimate of drug-likeness (QED) is 0.527. The summed E-state index contributed by atoms with van der Waals surface area (Å²) in [5, 5.41) is 6.85. The van der Waals surface area contributed by atoms with Gasteiger partial charge in [0.1, 0.15) is 5.65 Å². The minimum Gasteiger partial charge on any atom is -0.334 e. The summed E-state index contributed by atoms with van der Waals surface area (Å²) in [5.74, 6) is 0.512. The number of aryl methyl sites for hydroxylation is 3. The fraction of sp³-hybridized carbons (Fsp3) is 0.200. The standard InChI is InChI=1S/C20H18N6O4/c1-4-15-23-19(30-25-15)11-6-5-10(2)14(8-11)22-17(27)12-7-13-16(21-9-12)26(3)20(29)24-18(13)28/h5-9H,4H2,1-3H3,(H,22,27)(H,24,28,29). The van der Waals surface area contributed by atoms with Gasteiger partial charge in [-0.15, -0.1) is 0 Å². The number of hydrogen-bond donors (Lipinski definition) is 2. The van der Waals surface area contributed by atoms with E-state index in [1.807, 2.05) is 26.0 Å². The number of nitrogens with one attached hydrogen (secondary N) is 2. The van der Waals surface area contributed by atoms with Crippen molar-refractivity contribution in [1.29, 1.82) is 0 Å². The molecule has 0 unspecified atom stereocenters. The van der Waals surface area contributed by atoms with Crippen LogP contribution in [0.15, 0.2) is 44.6 Å². The first-order chi connectivity index (χ1) is 14.4. The summed E-state index contributed by atoms with van der Waals surface area (Å²) in [7, 11) is 1.49. The Hall–Kier alpha value is -4.08. The van der Waals surface area contributed by atoms with Crippen LogP contribution < -0.4 is 16.6 Å². The predicted molar refractivity (Wildman–Crippen MR) is 109 cm³/mol. The first kappa shape index (κ1) is 19.2. The normalized spacial score (nSPS) is 11.0. The van der Waals surface area contributed by atoms with Gasteiger partial charge < -0.3 is 9.84 Å². The van der Waals surface area contributed by atoms with E-state index < -0.39 is 17.2 Å². The number of fused-ring (bicyclic) bond motifs is 1. The molecular formula is C20H18N6O4. The Morgan fingerprint density at radius 1 is 1.27 bits per heavy atom. The van der Waals surface area contributed by atoms with Crippen molar-refractivity contribution in [2.24, 2.45) is 7.05 Å². The average molecular weight is 406 g/mol. The lowest BCUT2D eigenvalue weighted by molar-refractivity contribution is 0.102. The monoisotopic (exact) mass is 406 g/mol. The van der Waals surface area contributed by atoms with Crippen LogP contribution in [0.25, 0.3) is 22.5 Å². The fourth-order valence-electron chi connectivity index (χ4n) is 2.96. The molecule has 10 heteroatoms. The van der Waals surface area contributed by atoms with Crippen LogP contribution in [0.2, 0.25) is 0 Å². The van der Waals surface area contributed by atoms with Crippen molar-refractivity contribution in [2.75, 3.05) is 5.32 Å². The molecule has 0 bridgehead atoms. The summed E-state index contributed by atoms with van der Waals surface area (Å²) in [4.78, 5) is 47.2. The Bertz CT molecular complexity index is 1400. The van der Waals surface area contributed by atoms with Crippen LogP contribution in [0.5, 0.6) is 0 Å². The van der Waals surface area contributed by atoms with Gasteiger partial charge in [0.25, 0.3) is 17.4 Å². The van der Waals surface area contributed by atoms with Crippen LogP contribution >= 0.6 is 0 Å². The Morgan fingerprint density at radius 3 is 2.80 bits per heavy atom. The number of H-pyrrole nitrogens is 1. The zero-order valence-electron chi connectivity index (χ0n) is 16.5. The van der Waals surface area contributed by atoms with E-state index in [0.717, 1.165) is 5.56 Å². The van der Waals surface area contributed by atoms with Crippen LogP contribution in [-0.4, -0.2) is 30.6 Å². The van der Waals surface area contributed by atoms with Gasteiger partial charge in [0.05, 0.1) is 10.9 Å². The highest BCUT2D eigenvalue weighted by Crippen LogP contribution is 2.25. The van der Waals surface area contributed by atoms with Crippen LogP contribution in [-0.2, 0) is 13.5 Å². The topological polar surface area (TPSA) is 136 Å². The number of carbonyl (C=O) groups is 1. The molecule has 0 saturated carbocycles. The van der Waals surface area contributed by atoms with Crippen molar-refractivity contribution in [2.45, 2.75) is 20.3 Å². The van der Waals surface area contributed by atoms with E-state index in [-0.39, 0.29) is 16.6 Å². The Kier molecular flexibility index (Phi) is 4.74. The third-order valence-corrected chi connectivity index (χ3v) is 4.73. The SMILES string of the molecule is CCc1noc(-c2ccc(C)c(NC(=O)c3cnc4c(c3)c(=O)[nH]c(=O)n4C)c2)n1. The first-order valence-electron chi connectivity index (χ1n) is 9.21. The number of rotatable bonds is 4. The van der Waals surface area contributed by atoms with Crippen LogP contribution in [0.3, 0.4) is 0 Å². The molecule has 0 aliphatic rings. The number of nitrogens with zero attached hydrogens (tertiary/aromatic N) is 4. The first-order valence-corrected chi connectivity index (χ1v) is 9.21. The van der Waals surface area contributed by atoms with Gasteiger partial charge in [0.2, 0.25) is 0 Å². The molecule has 1 amide bonds. The molecule has 30 heavy (non-hydrogen) atoms. The zero-order valence-corrected chi connectivity index (χ0v) is 16.5. The molecule has 0 spiro atoms. The van der Waals surface area contributed by atoms with Crippen LogP contribution in [0.4, 0.5) is 5.69 Å². The number of carbonyl (C=O) groups excluding carboxylic acids is 1. The Morgan fingerprint density at radius 2 is 2.07 bits per heavy atom. The number of hydrogen-bond acceptors (Lipinski definition) is 7. The lowest BCUT2D eigenvalue weighted by Crippen LogP contribution is -2.29. The number of aromatic nitrogens is 5. The summed E-state index contributed by atoms with van der Waals surface area (Å²) < 4.78 is 6.47. The molecule has 152 valence electrons. The smallest absolute Gasteiger partial charge is 0.329 e. The largest absolute Gasteiger partial charge is 0.334 e. The lowest BCUT2D eigenvalue weighted by Gasteiger charge is -2.10. The van der Waals surface area contributed by atoms with E-state index >= 15 is 0 Å². The molecule has 1 aromatic carbocycles. The van der Waals surface area contributed by atoms with E-state index in [9.17, 15) is 14.4 Å². The molecular weight excluding hydrogens is 388 g/mol. The minimum atomic E-state index is -0.600. The van der Waals surface area contributed by atoms with Gasteiger partial charge in [-0.3, -0.25) is 19.1 Å². The van der Waals surface area contributed by atoms with Gasteiger partial charge in [-0.25, -0.2) is 9.78 Å². The predicted octanol–water partition coefficient (Wildman–Crippen LogP) is 1.79. The average Bonchev–Trinajstić information content (AvgIpc) is 3.22. The van der Waals surface area contributed by atoms with Gasteiger partial charge in [-0.05, 0) is 30.7 Å². The number of pyridine rings is 1. The maximum absolute atomic E-state index is 12.8. The third kappa shape index (κ3) is 3.39. The van der Waals surface area contributed by atoms with Gasteiger partial charge in [-0.1, -0.05) is 18.1 Å². The van der Waals surface area contributed by atoms with Crippen molar-refractivity contribution in [3.63, 3.8) is 0 Å². The number of aromatic amines is 1. The third-order valence-electron chi connectivity index (χ3n) is 4.73. The molecule has 3 aromatic heterocycles. The van der Waals surface area contributed by atoms with Crippen molar-refractivity contribution in [3.05, 3.63) is 68.3 Å². The molecule has 3 heterocycles. The maximum Gasteiger partial charge on any atom is 0.329 e. The Labute approximate surface area is 169 Å². The Balaban J connectivity index is 1.68. The summed E-state index contributed by atoms with van der Waals surface area (Å²) in [6.07, 6.45) is 1.97. The van der Waals surface area contributed by atoms with Crippen molar-refractivity contribution in [1.82, 2.24) is 24.7 Å². The number of amides is 1. The van der Waals surface area contributed by atoms with Crippen LogP contribution in [0.1, 0.15) is 28.7 Å². The second-order valence-electron chi connectivity index (χ2n) is 6.77. The molecule has 0 aliphatic carbocycles. The molecule has 4 rings (SSSR count). The maximum atomic E-state index is 12.8. The molecule has 4 aromatic rings. The molecule has 0 saturated heterocycles. The molecule has 10 nitrogen and oxygen atoms in total. The van der Waals surface area contributed by atoms with Crippen LogP contribution in [0, 0.1) is 6.92 Å². The van der Waals surface area contributed by atoms with Crippen molar-refractivity contribution in [3.8, 4) is 11.5 Å². The number of benzene rings is 1. The van der Waals surface area contributed by atoms with E-state index in [2.05, 4.69) is 25.4 Å². The fourth-order valence-corrected chi connectivity index (χ4v) is 2.96. The molecule has 0 aliphatic heterocycles. The highest BCUT2D eigenvalue weighted by atomic mass is 16.5. The molecule has 0 radical (unpaired) electrons. The highest BCUT2D eigenvalue weighted by molar-refractivity contribution is 6.06. The lowest BCUT2D eigenvalue weighted by atomic mass is 10.1. The molecule has 0 atom stereocenters. The van der Waals surface area contributed by atoms with Gasteiger partial charge in [0, 0.05) is 30.9 Å². The summed E-state index contributed by atoms with van der Waals surface area (Å²) >= 11 is 0. The minimum absolute atomic E-state index is 0.146. The summed E-state index contributed by atoms with van der Waals surface area (Å²) in [6, 6.07) is 6.81. The van der Waals surface area contributed by atoms with Crippen molar-refractivity contribution >= 4 is 22.6 Å². The van der Waals surface area contributed by atoms with E-state index in [1.165, 1.54) is 23.9 Å². The highest BCUT2D eigenvalue weighted by Gasteiger charge is 2.15. The summed E-state index contributed by atoms with van der Waals surface area (Å²) in [6.45, 7) is 3.78. The zero-order chi connectivity index (χ0) is 21.4. The van der Waals surface area contributed by atoms with Gasteiger partial charge in [0.15, 0.2) is 5.82 Å². The van der Waals surface area contributed by atoms with Gasteiger partial charge >= 0.3 is 5.69 Å². The second-order valence-corrected chi connectivity index (χ2v) is 6.77.